The first-order chi connectivity index (χ1) is 13.4. The summed E-state index contributed by atoms with van der Waals surface area (Å²) < 4.78 is 0. The Labute approximate surface area is 163 Å². The highest BCUT2D eigenvalue weighted by molar-refractivity contribution is 5.92. The molecule has 0 radical (unpaired) electrons. The Balaban J connectivity index is 0.00000122. The van der Waals surface area contributed by atoms with Gasteiger partial charge in [0.25, 0.3) is 12.4 Å². The minimum Gasteiger partial charge on any atom is -0.483 e. The summed E-state index contributed by atoms with van der Waals surface area (Å²) in [6.45, 7) is 1.93. The molecule has 0 spiro atoms. The third-order valence-corrected chi connectivity index (χ3v) is 4.13. The summed E-state index contributed by atoms with van der Waals surface area (Å²) in [5, 5.41) is 12.5. The van der Waals surface area contributed by atoms with Gasteiger partial charge in [0.15, 0.2) is 0 Å². The lowest BCUT2D eigenvalue weighted by Gasteiger charge is -2.32. The molecule has 1 heterocycles. The zero-order valence-electron chi connectivity index (χ0n) is 16.0. The third kappa shape index (κ3) is 7.62. The number of likely N-dealkylation sites (tertiary alicyclic amines) is 1. The van der Waals surface area contributed by atoms with E-state index in [1.54, 1.807) is 14.0 Å². The quantitative estimate of drug-likeness (QED) is 0.312. The van der Waals surface area contributed by atoms with E-state index >= 15 is 0 Å². The second-order valence-electron chi connectivity index (χ2n) is 6.12. The fourth-order valence-electron chi connectivity index (χ4n) is 2.54. The lowest BCUT2D eigenvalue weighted by molar-refractivity contribution is -0.141. The molecular weight excluding hydrogens is 366 g/mol. The summed E-state index contributed by atoms with van der Waals surface area (Å²) in [4.78, 5) is 46.3. The molecule has 28 heavy (non-hydrogen) atoms. The number of nitrogens with one attached hydrogen (secondary N) is 4. The number of anilines is 1. The number of hydrogen-bond donors (Lipinski definition) is 5. The van der Waals surface area contributed by atoms with Gasteiger partial charge >= 0.3 is 0 Å². The van der Waals surface area contributed by atoms with Crippen LogP contribution in [0.1, 0.15) is 19.8 Å². The number of piperidine rings is 1. The molecule has 5 N–H and O–H groups in total. The van der Waals surface area contributed by atoms with Gasteiger partial charge in [-0.3, -0.25) is 30.0 Å². The van der Waals surface area contributed by atoms with Crippen molar-refractivity contribution in [1.82, 2.24) is 21.0 Å². The zero-order valence-corrected chi connectivity index (χ0v) is 16.0. The summed E-state index contributed by atoms with van der Waals surface area (Å²) in [7, 11) is 1.68. The predicted molar refractivity (Wildman–Crippen MR) is 103 cm³/mol. The van der Waals surface area contributed by atoms with Crippen LogP contribution in [0.3, 0.4) is 0 Å². The van der Waals surface area contributed by atoms with Crippen LogP contribution in [0.25, 0.3) is 0 Å². The number of amides is 3. The van der Waals surface area contributed by atoms with E-state index in [4.69, 9.17) is 9.90 Å². The number of rotatable bonds is 7. The van der Waals surface area contributed by atoms with Crippen molar-refractivity contribution in [3.05, 3.63) is 30.3 Å². The molecule has 0 saturated carbocycles. The van der Waals surface area contributed by atoms with Crippen molar-refractivity contribution in [2.24, 2.45) is 0 Å². The first-order valence-corrected chi connectivity index (χ1v) is 8.87. The van der Waals surface area contributed by atoms with Crippen LogP contribution in [0.5, 0.6) is 0 Å². The van der Waals surface area contributed by atoms with Crippen LogP contribution in [-0.2, 0) is 19.2 Å². The molecule has 0 aromatic heterocycles. The SMILES string of the molecule is CN[C@@H](C)C(=O)N[C@@H]1CCCN(CC(=O)NNc2ccccc2)C1=O.O=CO. The topological polar surface area (TPSA) is 140 Å². The lowest BCUT2D eigenvalue weighted by Crippen LogP contribution is -2.56. The van der Waals surface area contributed by atoms with E-state index in [1.807, 2.05) is 30.3 Å². The fraction of sp³-hybridized carbons (Fsp3) is 0.444. The van der Waals surface area contributed by atoms with Crippen LogP contribution >= 0.6 is 0 Å². The Morgan fingerprint density at radius 3 is 2.57 bits per heavy atom. The summed E-state index contributed by atoms with van der Waals surface area (Å²) in [5.41, 5.74) is 6.13. The highest BCUT2D eigenvalue weighted by Gasteiger charge is 2.31. The summed E-state index contributed by atoms with van der Waals surface area (Å²) in [6.07, 6.45) is 1.32. The highest BCUT2D eigenvalue weighted by Crippen LogP contribution is 2.12. The van der Waals surface area contributed by atoms with Crippen LogP contribution in [0, 0.1) is 0 Å². The van der Waals surface area contributed by atoms with Crippen molar-refractivity contribution in [3.63, 3.8) is 0 Å². The fourth-order valence-corrected chi connectivity index (χ4v) is 2.54. The lowest BCUT2D eigenvalue weighted by atomic mass is 10.0. The van der Waals surface area contributed by atoms with Crippen LogP contribution in [0.2, 0.25) is 0 Å². The van der Waals surface area contributed by atoms with Crippen molar-refractivity contribution < 1.29 is 24.3 Å². The maximum atomic E-state index is 12.5. The monoisotopic (exact) mass is 393 g/mol. The number of hydrazine groups is 1. The molecular formula is C18H27N5O5. The molecule has 1 aliphatic rings. The number of benzene rings is 1. The number of para-hydroxylation sites is 1. The first kappa shape index (κ1) is 22.9. The van der Waals surface area contributed by atoms with Crippen LogP contribution in [0.4, 0.5) is 5.69 Å². The van der Waals surface area contributed by atoms with E-state index in [1.165, 1.54) is 4.90 Å². The smallest absolute Gasteiger partial charge is 0.290 e. The molecule has 1 aromatic carbocycles. The maximum Gasteiger partial charge on any atom is 0.290 e. The highest BCUT2D eigenvalue weighted by atomic mass is 16.3. The van der Waals surface area contributed by atoms with Crippen molar-refractivity contribution in [3.8, 4) is 0 Å². The second kappa shape index (κ2) is 12.3. The van der Waals surface area contributed by atoms with Crippen LogP contribution in [0.15, 0.2) is 30.3 Å². The van der Waals surface area contributed by atoms with Gasteiger partial charge < -0.3 is 20.6 Å². The Morgan fingerprint density at radius 1 is 1.32 bits per heavy atom. The van der Waals surface area contributed by atoms with Crippen molar-refractivity contribution in [1.29, 1.82) is 0 Å². The van der Waals surface area contributed by atoms with Gasteiger partial charge in [-0.15, -0.1) is 0 Å². The summed E-state index contributed by atoms with van der Waals surface area (Å²) >= 11 is 0. The van der Waals surface area contributed by atoms with Gasteiger partial charge in [0.2, 0.25) is 11.8 Å². The average molecular weight is 393 g/mol. The first-order valence-electron chi connectivity index (χ1n) is 8.87. The van der Waals surface area contributed by atoms with E-state index in [9.17, 15) is 14.4 Å². The maximum absolute atomic E-state index is 12.5. The van der Waals surface area contributed by atoms with Gasteiger partial charge in [-0.05, 0) is 38.9 Å². The molecule has 10 heteroatoms. The molecule has 2 rings (SSSR count). The van der Waals surface area contributed by atoms with E-state index in [-0.39, 0.29) is 36.8 Å². The number of nitrogens with zero attached hydrogens (tertiary/aromatic N) is 1. The number of carbonyl (C=O) groups is 4. The van der Waals surface area contributed by atoms with Gasteiger partial charge in [-0.25, -0.2) is 0 Å². The average Bonchev–Trinajstić information content (AvgIpc) is 2.70. The minimum atomic E-state index is -0.577. The molecule has 1 fully saturated rings. The third-order valence-electron chi connectivity index (χ3n) is 4.13. The standard InChI is InChI=1S/C17H25N5O3.CH2O2/c1-12(18-2)16(24)19-14-9-6-10-22(17(14)25)11-15(23)21-20-13-7-4-3-5-8-13;2-1-3/h3-5,7-8,12,14,18,20H,6,9-11H2,1-2H3,(H,19,24)(H,21,23);1H,(H,2,3)/t12-,14+;/m0./s1. The van der Waals surface area contributed by atoms with Crippen molar-refractivity contribution in [2.75, 3.05) is 25.6 Å². The zero-order chi connectivity index (χ0) is 20.9. The number of hydrogen-bond acceptors (Lipinski definition) is 6. The Kier molecular flexibility index (Phi) is 10.0. The number of carbonyl (C=O) groups excluding carboxylic acids is 3. The molecule has 10 nitrogen and oxygen atoms in total. The van der Waals surface area contributed by atoms with E-state index in [0.29, 0.717) is 13.0 Å². The van der Waals surface area contributed by atoms with E-state index in [0.717, 1.165) is 12.1 Å². The van der Waals surface area contributed by atoms with Gasteiger partial charge in [0.05, 0.1) is 11.7 Å². The Hall–Kier alpha value is -3.14. The normalized spacial score (nSPS) is 16.9. The molecule has 154 valence electrons. The Bertz CT molecular complexity index is 655. The molecule has 1 aromatic rings. The van der Waals surface area contributed by atoms with Crippen LogP contribution < -0.4 is 21.5 Å². The van der Waals surface area contributed by atoms with Gasteiger partial charge in [-0.1, -0.05) is 18.2 Å². The molecule has 2 atom stereocenters. The molecule has 1 aliphatic heterocycles. The largest absolute Gasteiger partial charge is 0.483 e. The number of likely N-dealkylation sites (N-methyl/N-ethyl adjacent to an activating group) is 1. The molecule has 0 unspecified atom stereocenters. The van der Waals surface area contributed by atoms with E-state index < -0.39 is 6.04 Å². The van der Waals surface area contributed by atoms with Crippen molar-refractivity contribution in [2.45, 2.75) is 31.8 Å². The summed E-state index contributed by atoms with van der Waals surface area (Å²) in [5.74, 6) is -0.761. The van der Waals surface area contributed by atoms with Crippen molar-refractivity contribution >= 4 is 29.9 Å². The molecule has 3 amide bonds. The minimum absolute atomic E-state index is 0.0490. The van der Waals surface area contributed by atoms with Gasteiger partial charge in [0, 0.05) is 6.54 Å². The number of carboxylic acid groups (broad SMARTS) is 1. The second-order valence-corrected chi connectivity index (χ2v) is 6.12. The van der Waals surface area contributed by atoms with Gasteiger partial charge in [0.1, 0.15) is 12.6 Å². The summed E-state index contributed by atoms with van der Waals surface area (Å²) in [6, 6.07) is 8.27. The Morgan fingerprint density at radius 2 is 1.96 bits per heavy atom. The predicted octanol–water partition coefficient (Wildman–Crippen LogP) is -0.454. The van der Waals surface area contributed by atoms with Crippen LogP contribution in [-0.4, -0.2) is 66.4 Å². The molecule has 0 aliphatic carbocycles. The van der Waals surface area contributed by atoms with E-state index in [2.05, 4.69) is 21.5 Å². The van der Waals surface area contributed by atoms with Gasteiger partial charge in [-0.2, -0.15) is 0 Å². The molecule has 0 bridgehead atoms. The molecule has 1 saturated heterocycles.